The number of likely N-dealkylation sites (tertiary alicyclic amines) is 1. The predicted molar refractivity (Wildman–Crippen MR) is 171 cm³/mol. The lowest BCUT2D eigenvalue weighted by atomic mass is 9.95. The van der Waals surface area contributed by atoms with Gasteiger partial charge in [-0.05, 0) is 70.6 Å². The molecular weight excluding hydrogens is 556 g/mol. The van der Waals surface area contributed by atoms with Gasteiger partial charge in [-0.15, -0.1) is 0 Å². The van der Waals surface area contributed by atoms with E-state index >= 15 is 0 Å². The monoisotopic (exact) mass is 598 g/mol. The number of hydrogen-bond acceptors (Lipinski definition) is 6. The van der Waals surface area contributed by atoms with Gasteiger partial charge in [0.1, 0.15) is 0 Å². The van der Waals surface area contributed by atoms with Crippen molar-refractivity contribution in [2.24, 2.45) is 5.92 Å². The van der Waals surface area contributed by atoms with E-state index in [1.165, 1.54) is 6.08 Å². The number of carbonyl (C=O) groups is 3. The zero-order valence-electron chi connectivity index (χ0n) is 25.9. The van der Waals surface area contributed by atoms with E-state index in [9.17, 15) is 14.4 Å². The third-order valence-corrected chi connectivity index (χ3v) is 8.51. The first-order valence-corrected chi connectivity index (χ1v) is 15.0. The highest BCUT2D eigenvalue weighted by Crippen LogP contribution is 2.41. The molecule has 1 fully saturated rings. The first kappa shape index (κ1) is 30.8. The van der Waals surface area contributed by atoms with Crippen LogP contribution in [0.2, 0.25) is 0 Å². The van der Waals surface area contributed by atoms with Gasteiger partial charge in [-0.2, -0.15) is 5.10 Å². The second kappa shape index (κ2) is 12.9. The number of aromatic amines is 1. The molecule has 2 aliphatic heterocycles. The van der Waals surface area contributed by atoms with Crippen LogP contribution >= 0.6 is 0 Å². The van der Waals surface area contributed by atoms with Gasteiger partial charge in [-0.25, -0.2) is 4.79 Å². The molecule has 5 rings (SSSR count). The Balaban J connectivity index is 1.24. The summed E-state index contributed by atoms with van der Waals surface area (Å²) in [5.74, 6) is 0.327. The van der Waals surface area contributed by atoms with E-state index < -0.39 is 5.54 Å². The normalized spacial score (nSPS) is 16.8. The lowest BCUT2D eigenvalue weighted by Crippen LogP contribution is -2.48. The summed E-state index contributed by atoms with van der Waals surface area (Å²) in [7, 11) is 3.99. The van der Waals surface area contributed by atoms with Gasteiger partial charge in [-0.3, -0.25) is 14.7 Å². The van der Waals surface area contributed by atoms with Gasteiger partial charge in [0, 0.05) is 42.5 Å². The van der Waals surface area contributed by atoms with E-state index in [1.807, 2.05) is 87.4 Å². The first-order chi connectivity index (χ1) is 21.1. The number of rotatable bonds is 9. The first-order valence-electron chi connectivity index (χ1n) is 15.0. The number of urea groups is 1. The van der Waals surface area contributed by atoms with Gasteiger partial charge in [0.05, 0.1) is 23.8 Å². The summed E-state index contributed by atoms with van der Waals surface area (Å²) in [5.41, 5.74) is 3.68. The molecule has 11 nitrogen and oxygen atoms in total. The lowest BCUT2D eigenvalue weighted by molar-refractivity contribution is -0.130. The summed E-state index contributed by atoms with van der Waals surface area (Å²) in [4.78, 5) is 44.1. The zero-order chi connectivity index (χ0) is 31.4. The Morgan fingerprint density at radius 3 is 2.48 bits per heavy atom. The Morgan fingerprint density at radius 1 is 1.09 bits per heavy atom. The molecule has 0 aliphatic carbocycles. The largest absolute Gasteiger partial charge is 0.339 e. The minimum atomic E-state index is -0.604. The Bertz CT molecular complexity index is 1510. The minimum Gasteiger partial charge on any atom is -0.339 e. The molecule has 1 saturated heterocycles. The van der Waals surface area contributed by atoms with Crippen LogP contribution in [-0.4, -0.2) is 76.5 Å². The summed E-state index contributed by atoms with van der Waals surface area (Å²) in [5, 5.41) is 17.3. The predicted octanol–water partition coefficient (Wildman–Crippen LogP) is 4.58. The molecule has 4 amide bonds. The van der Waals surface area contributed by atoms with Crippen LogP contribution in [0.25, 0.3) is 0 Å². The highest BCUT2D eigenvalue weighted by molar-refractivity contribution is 5.93. The average Bonchev–Trinajstić information content (AvgIpc) is 3.54. The molecule has 232 valence electrons. The number of H-pyrrole nitrogens is 1. The van der Waals surface area contributed by atoms with Gasteiger partial charge >= 0.3 is 6.03 Å². The SMILES string of the molecule is C=CC(=O)N1CCC(C(=O)Nc2cccc(Nc3n[nH]c4c3CN(C(=O)N[C@H](CN(C)C)c3ccccc3)C4(C)C)c2)CC1. The fourth-order valence-electron chi connectivity index (χ4n) is 6.00. The molecule has 11 heteroatoms. The van der Waals surface area contributed by atoms with Crippen molar-refractivity contribution in [3.05, 3.63) is 84.1 Å². The van der Waals surface area contributed by atoms with Crippen LogP contribution in [0, 0.1) is 5.92 Å². The Labute approximate surface area is 258 Å². The Morgan fingerprint density at radius 2 is 1.80 bits per heavy atom. The van der Waals surface area contributed by atoms with Crippen molar-refractivity contribution < 1.29 is 14.4 Å². The minimum absolute atomic E-state index is 0.0556. The van der Waals surface area contributed by atoms with Crippen molar-refractivity contribution in [3.63, 3.8) is 0 Å². The van der Waals surface area contributed by atoms with E-state index in [0.29, 0.717) is 50.5 Å². The van der Waals surface area contributed by atoms with E-state index in [1.54, 1.807) is 4.90 Å². The number of nitrogens with one attached hydrogen (secondary N) is 4. The third kappa shape index (κ3) is 6.62. The van der Waals surface area contributed by atoms with Gasteiger partial charge in [0.15, 0.2) is 5.82 Å². The van der Waals surface area contributed by atoms with Crippen LogP contribution in [-0.2, 0) is 21.7 Å². The number of carbonyl (C=O) groups excluding carboxylic acids is 3. The summed E-state index contributed by atoms with van der Waals surface area (Å²) in [6.45, 7) is 9.71. The topological polar surface area (TPSA) is 126 Å². The number of fused-ring (bicyclic) bond motifs is 1. The van der Waals surface area contributed by atoms with Crippen molar-refractivity contribution in [2.45, 2.75) is 44.8 Å². The molecule has 44 heavy (non-hydrogen) atoms. The summed E-state index contributed by atoms with van der Waals surface area (Å²) >= 11 is 0. The van der Waals surface area contributed by atoms with E-state index in [2.05, 4.69) is 37.6 Å². The smallest absolute Gasteiger partial charge is 0.319 e. The fraction of sp³-hybridized carbons (Fsp3) is 0.394. The summed E-state index contributed by atoms with van der Waals surface area (Å²) < 4.78 is 0. The third-order valence-electron chi connectivity index (χ3n) is 8.51. The van der Waals surface area contributed by atoms with Crippen LogP contribution in [0.3, 0.4) is 0 Å². The summed E-state index contributed by atoms with van der Waals surface area (Å²) in [6, 6.07) is 17.2. The number of likely N-dealkylation sites (N-methyl/N-ethyl adjacent to an activating group) is 1. The molecule has 2 aromatic carbocycles. The van der Waals surface area contributed by atoms with Crippen molar-refractivity contribution in [2.75, 3.05) is 44.4 Å². The van der Waals surface area contributed by atoms with E-state index in [-0.39, 0.29) is 29.8 Å². The molecule has 0 radical (unpaired) electrons. The van der Waals surface area contributed by atoms with Crippen molar-refractivity contribution in [1.29, 1.82) is 0 Å². The molecule has 3 heterocycles. The van der Waals surface area contributed by atoms with Gasteiger partial charge in [-0.1, -0.05) is 43.0 Å². The second-order valence-electron chi connectivity index (χ2n) is 12.2. The van der Waals surface area contributed by atoms with Crippen LogP contribution in [0.4, 0.5) is 22.0 Å². The molecular formula is C33H42N8O3. The number of aromatic nitrogens is 2. The Kier molecular flexibility index (Phi) is 9.05. The second-order valence-corrected chi connectivity index (χ2v) is 12.2. The molecule has 1 aromatic heterocycles. The highest BCUT2D eigenvalue weighted by atomic mass is 16.2. The standard InChI is InChI=1S/C33H42N8O3/c1-6-28(42)40-17-15-23(16-18-40)31(43)35-25-14-10-13-24(19-25)34-30-26-20-41(33(2,3)29(26)37-38-30)32(44)36-27(21-39(4)5)22-11-8-7-9-12-22/h6-14,19,23,27H,1,15-18,20-21H2,2-5H3,(H,35,43)(H,36,44)(H2,34,37,38)/t27-/m1/s1. The van der Waals surface area contributed by atoms with Crippen molar-refractivity contribution in [1.82, 2.24) is 30.2 Å². The molecule has 0 unspecified atom stereocenters. The number of nitrogens with zero attached hydrogens (tertiary/aromatic N) is 4. The molecule has 4 N–H and O–H groups in total. The van der Waals surface area contributed by atoms with Crippen LogP contribution in [0.1, 0.15) is 49.6 Å². The number of anilines is 3. The van der Waals surface area contributed by atoms with Gasteiger partial charge in [0.2, 0.25) is 11.8 Å². The molecule has 0 bridgehead atoms. The van der Waals surface area contributed by atoms with E-state index in [4.69, 9.17) is 0 Å². The maximum absolute atomic E-state index is 13.7. The van der Waals surface area contributed by atoms with Crippen LogP contribution in [0.5, 0.6) is 0 Å². The van der Waals surface area contributed by atoms with Gasteiger partial charge in [0.25, 0.3) is 0 Å². The average molecular weight is 599 g/mol. The molecule has 3 aromatic rings. The van der Waals surface area contributed by atoms with Gasteiger partial charge < -0.3 is 30.7 Å². The van der Waals surface area contributed by atoms with Crippen LogP contribution in [0.15, 0.2) is 67.3 Å². The maximum atomic E-state index is 13.7. The van der Waals surface area contributed by atoms with Crippen molar-refractivity contribution in [3.8, 4) is 0 Å². The zero-order valence-corrected chi connectivity index (χ0v) is 25.9. The molecule has 1 atom stereocenters. The maximum Gasteiger partial charge on any atom is 0.319 e. The van der Waals surface area contributed by atoms with E-state index in [0.717, 1.165) is 22.5 Å². The number of piperidine rings is 1. The number of benzene rings is 2. The fourth-order valence-corrected chi connectivity index (χ4v) is 6.00. The Hall–Kier alpha value is -4.64. The molecule has 0 saturated carbocycles. The quantitative estimate of drug-likeness (QED) is 0.267. The van der Waals surface area contributed by atoms with Crippen LogP contribution < -0.4 is 16.0 Å². The highest BCUT2D eigenvalue weighted by Gasteiger charge is 2.44. The number of hydrogen-bond donors (Lipinski definition) is 4. The summed E-state index contributed by atoms with van der Waals surface area (Å²) in [6.07, 6.45) is 2.54. The lowest BCUT2D eigenvalue weighted by Gasteiger charge is -2.34. The molecule has 0 spiro atoms. The molecule has 2 aliphatic rings. The van der Waals surface area contributed by atoms with Crippen molar-refractivity contribution >= 4 is 35.0 Å². The number of amides is 4.